The van der Waals surface area contributed by atoms with Gasteiger partial charge in [-0.15, -0.1) is 0 Å². The van der Waals surface area contributed by atoms with Crippen molar-refractivity contribution < 1.29 is 17.9 Å². The van der Waals surface area contributed by atoms with E-state index in [9.17, 15) is 13.2 Å². The van der Waals surface area contributed by atoms with Crippen LogP contribution in [0.15, 0.2) is 47.4 Å². The fourth-order valence-electron chi connectivity index (χ4n) is 3.29. The van der Waals surface area contributed by atoms with Crippen LogP contribution in [0.25, 0.3) is 11.0 Å². The average Bonchev–Trinajstić information content (AvgIpc) is 3.17. The van der Waals surface area contributed by atoms with Crippen LogP contribution in [-0.4, -0.2) is 61.4 Å². The summed E-state index contributed by atoms with van der Waals surface area (Å²) in [5.41, 5.74) is 1.92. The highest BCUT2D eigenvalue weighted by molar-refractivity contribution is 7.89. The molecule has 0 bridgehead atoms. The number of morpholine rings is 1. The number of halogens is 1. The maximum Gasteiger partial charge on any atom is 0.252 e. The minimum Gasteiger partial charge on any atom is -0.379 e. The van der Waals surface area contributed by atoms with Crippen LogP contribution in [-0.2, 0) is 21.2 Å². The average molecular weight is 449 g/mol. The van der Waals surface area contributed by atoms with Crippen molar-refractivity contribution in [3.63, 3.8) is 0 Å². The quantitative estimate of drug-likeness (QED) is 0.601. The highest BCUT2D eigenvalue weighted by Crippen LogP contribution is 2.23. The lowest BCUT2D eigenvalue weighted by atomic mass is 10.2. The Morgan fingerprint density at radius 2 is 1.97 bits per heavy atom. The molecule has 30 heavy (non-hydrogen) atoms. The molecule has 1 fully saturated rings. The van der Waals surface area contributed by atoms with E-state index in [1.807, 2.05) is 24.3 Å². The van der Waals surface area contributed by atoms with Crippen LogP contribution in [0.2, 0.25) is 5.02 Å². The number of amides is 1. The Morgan fingerprint density at radius 3 is 2.73 bits per heavy atom. The number of imidazole rings is 1. The van der Waals surface area contributed by atoms with Gasteiger partial charge in [-0.2, -0.15) is 4.31 Å². The summed E-state index contributed by atoms with van der Waals surface area (Å²) in [5.74, 6) is 0.321. The Balaban J connectivity index is 1.44. The predicted octanol–water partition coefficient (Wildman–Crippen LogP) is 2.21. The number of hydrogen-bond acceptors (Lipinski definition) is 5. The summed E-state index contributed by atoms with van der Waals surface area (Å²) in [6.45, 7) is 1.59. The number of H-pyrrole nitrogens is 1. The number of fused-ring (bicyclic) bond motifs is 1. The van der Waals surface area contributed by atoms with Gasteiger partial charge in [0.1, 0.15) is 5.82 Å². The normalized spacial score (nSPS) is 15.4. The van der Waals surface area contributed by atoms with E-state index in [0.717, 1.165) is 16.9 Å². The Hall–Kier alpha value is -2.46. The summed E-state index contributed by atoms with van der Waals surface area (Å²) in [7, 11) is -3.71. The number of sulfonamides is 1. The molecule has 2 heterocycles. The molecule has 0 unspecified atom stereocenters. The topological polar surface area (TPSA) is 104 Å². The van der Waals surface area contributed by atoms with Gasteiger partial charge in [0.15, 0.2) is 0 Å². The molecular weight excluding hydrogens is 428 g/mol. The second-order valence-corrected chi connectivity index (χ2v) is 9.21. The molecule has 1 aliphatic heterocycles. The van der Waals surface area contributed by atoms with Crippen molar-refractivity contribution in [1.82, 2.24) is 19.6 Å². The molecule has 10 heteroatoms. The van der Waals surface area contributed by atoms with Crippen LogP contribution >= 0.6 is 11.6 Å². The van der Waals surface area contributed by atoms with Gasteiger partial charge < -0.3 is 15.0 Å². The van der Waals surface area contributed by atoms with E-state index in [1.165, 1.54) is 22.5 Å². The van der Waals surface area contributed by atoms with Crippen LogP contribution in [0.3, 0.4) is 0 Å². The third kappa shape index (κ3) is 4.34. The first-order chi connectivity index (χ1) is 14.4. The Morgan fingerprint density at radius 1 is 1.20 bits per heavy atom. The van der Waals surface area contributed by atoms with Gasteiger partial charge in [-0.1, -0.05) is 23.7 Å². The smallest absolute Gasteiger partial charge is 0.252 e. The fourth-order valence-corrected chi connectivity index (χ4v) is 4.93. The molecule has 1 saturated heterocycles. The predicted molar refractivity (Wildman–Crippen MR) is 113 cm³/mol. The molecule has 2 N–H and O–H groups in total. The lowest BCUT2D eigenvalue weighted by Crippen LogP contribution is -2.40. The van der Waals surface area contributed by atoms with E-state index in [-0.39, 0.29) is 28.6 Å². The van der Waals surface area contributed by atoms with Crippen molar-refractivity contribution in [2.75, 3.05) is 32.8 Å². The molecule has 0 radical (unpaired) electrons. The number of ether oxygens (including phenoxy) is 1. The Bertz CT molecular complexity index is 1140. The maximum absolute atomic E-state index is 12.8. The molecule has 1 aromatic heterocycles. The van der Waals surface area contributed by atoms with Gasteiger partial charge in [-0.3, -0.25) is 4.79 Å². The van der Waals surface area contributed by atoms with Crippen molar-refractivity contribution in [2.24, 2.45) is 0 Å². The molecule has 0 saturated carbocycles. The van der Waals surface area contributed by atoms with E-state index < -0.39 is 15.9 Å². The molecule has 8 nitrogen and oxygen atoms in total. The van der Waals surface area contributed by atoms with E-state index in [4.69, 9.17) is 16.3 Å². The zero-order valence-corrected chi connectivity index (χ0v) is 17.7. The number of aromatic amines is 1. The molecule has 1 amide bonds. The molecule has 0 aliphatic carbocycles. The van der Waals surface area contributed by atoms with E-state index in [1.54, 1.807) is 0 Å². The van der Waals surface area contributed by atoms with Gasteiger partial charge in [-0.05, 0) is 30.3 Å². The molecule has 2 aromatic carbocycles. The number of hydrogen-bond donors (Lipinski definition) is 2. The molecule has 0 spiro atoms. The minimum atomic E-state index is -3.71. The monoisotopic (exact) mass is 448 g/mol. The molecule has 4 rings (SSSR count). The van der Waals surface area contributed by atoms with Crippen molar-refractivity contribution in [1.29, 1.82) is 0 Å². The largest absolute Gasteiger partial charge is 0.379 e. The Kier molecular flexibility index (Phi) is 6.05. The van der Waals surface area contributed by atoms with E-state index >= 15 is 0 Å². The fraction of sp³-hybridized carbons (Fsp3) is 0.300. The summed E-state index contributed by atoms with van der Waals surface area (Å²) < 4.78 is 32.2. The molecule has 0 atom stereocenters. The van der Waals surface area contributed by atoms with E-state index in [2.05, 4.69) is 15.3 Å². The van der Waals surface area contributed by atoms with Crippen LogP contribution < -0.4 is 5.32 Å². The van der Waals surface area contributed by atoms with Gasteiger partial charge in [0.2, 0.25) is 10.0 Å². The summed E-state index contributed by atoms with van der Waals surface area (Å²) in [6.07, 6.45) is 0.504. The summed E-state index contributed by atoms with van der Waals surface area (Å²) in [4.78, 5) is 20.3. The third-order valence-corrected chi connectivity index (χ3v) is 7.10. The number of rotatable bonds is 6. The summed E-state index contributed by atoms with van der Waals surface area (Å²) >= 11 is 6.17. The molecule has 3 aromatic rings. The first-order valence-corrected chi connectivity index (χ1v) is 11.4. The summed E-state index contributed by atoms with van der Waals surface area (Å²) in [6, 6.07) is 11.9. The number of aromatic nitrogens is 2. The van der Waals surface area contributed by atoms with Crippen LogP contribution in [0, 0.1) is 0 Å². The number of nitrogens with zero attached hydrogens (tertiary/aromatic N) is 2. The molecule has 158 valence electrons. The Labute approximate surface area is 179 Å². The summed E-state index contributed by atoms with van der Waals surface area (Å²) in [5, 5.41) is 2.97. The van der Waals surface area contributed by atoms with Gasteiger partial charge in [0.05, 0.1) is 39.7 Å². The minimum absolute atomic E-state index is 0.0382. The molecular formula is C20H21ClN4O4S. The SMILES string of the molecule is O=C(NCCc1nc2ccccc2[nH]1)c1cc(S(=O)(=O)N2CCOCC2)ccc1Cl. The number of para-hydroxylation sites is 2. The lowest BCUT2D eigenvalue weighted by molar-refractivity contribution is 0.0730. The van der Waals surface area contributed by atoms with Crippen molar-refractivity contribution in [3.8, 4) is 0 Å². The second-order valence-electron chi connectivity index (χ2n) is 6.86. The molecule has 1 aliphatic rings. The van der Waals surface area contributed by atoms with Gasteiger partial charge >= 0.3 is 0 Å². The highest BCUT2D eigenvalue weighted by atomic mass is 35.5. The van der Waals surface area contributed by atoms with Crippen LogP contribution in [0.1, 0.15) is 16.2 Å². The van der Waals surface area contributed by atoms with Crippen LogP contribution in [0.4, 0.5) is 0 Å². The first kappa shape index (κ1) is 20.8. The number of carbonyl (C=O) groups excluding carboxylic acids is 1. The zero-order valence-electron chi connectivity index (χ0n) is 16.1. The first-order valence-electron chi connectivity index (χ1n) is 9.54. The van der Waals surface area contributed by atoms with Crippen molar-refractivity contribution in [2.45, 2.75) is 11.3 Å². The van der Waals surface area contributed by atoms with Gasteiger partial charge in [-0.25, -0.2) is 13.4 Å². The highest BCUT2D eigenvalue weighted by Gasteiger charge is 2.27. The number of nitrogens with one attached hydrogen (secondary N) is 2. The number of carbonyl (C=O) groups is 1. The lowest BCUT2D eigenvalue weighted by Gasteiger charge is -2.26. The van der Waals surface area contributed by atoms with Gasteiger partial charge in [0, 0.05) is 26.1 Å². The standard InChI is InChI=1S/C20H21ClN4O4S/c21-16-6-5-14(30(27,28)25-9-11-29-12-10-25)13-15(16)20(26)22-8-7-19-23-17-3-1-2-4-18(17)24-19/h1-6,13H,7-12H2,(H,22,26)(H,23,24). The zero-order chi connectivity index (χ0) is 21.1. The van der Waals surface area contributed by atoms with Gasteiger partial charge in [0.25, 0.3) is 5.91 Å². The van der Waals surface area contributed by atoms with Crippen LogP contribution in [0.5, 0.6) is 0 Å². The number of benzene rings is 2. The van der Waals surface area contributed by atoms with Crippen molar-refractivity contribution >= 4 is 38.6 Å². The second kappa shape index (κ2) is 8.73. The third-order valence-electron chi connectivity index (χ3n) is 4.88. The van der Waals surface area contributed by atoms with E-state index in [0.29, 0.717) is 26.2 Å². The maximum atomic E-state index is 12.8. The van der Waals surface area contributed by atoms with Crippen molar-refractivity contribution in [3.05, 3.63) is 58.9 Å².